The number of hydrogen-bond acceptors (Lipinski definition) is 6. The Labute approximate surface area is 152 Å². The smallest absolute Gasteiger partial charge is 0.227 e. The van der Waals surface area contributed by atoms with Gasteiger partial charge in [-0.2, -0.15) is 11.8 Å². The average molecular weight is 379 g/mol. The van der Waals surface area contributed by atoms with Gasteiger partial charge in [-0.1, -0.05) is 23.7 Å². The number of thiophene rings is 1. The molecule has 0 radical (unpaired) electrons. The van der Waals surface area contributed by atoms with Gasteiger partial charge in [0, 0.05) is 23.7 Å². The maximum atomic E-state index is 11.0. The van der Waals surface area contributed by atoms with Crippen LogP contribution in [0.2, 0.25) is 4.34 Å². The standard InChI is InChI=1S/C17H14ClNO3S2/c1-23-9-10-2-4-11(5-3-10)17-19-12(8-15(20)21)16(22-17)13-6-7-14(18)24-13/h2-7H,8-9H2,1H3,(H,20,21)/p-1. The number of carbonyl (C=O) groups excluding carboxylic acids is 1. The number of benzene rings is 1. The molecule has 0 spiro atoms. The molecule has 0 bridgehead atoms. The SMILES string of the molecule is CSCc1ccc(-c2nc(CC(=O)[O-])c(-c3ccc(Cl)s3)o2)cc1. The second kappa shape index (κ2) is 7.42. The fraction of sp³-hybridized carbons (Fsp3) is 0.176. The zero-order valence-electron chi connectivity index (χ0n) is 12.7. The summed E-state index contributed by atoms with van der Waals surface area (Å²) in [7, 11) is 0. The van der Waals surface area contributed by atoms with E-state index in [0.717, 1.165) is 16.2 Å². The highest BCUT2D eigenvalue weighted by atomic mass is 35.5. The number of carboxylic acids is 1. The van der Waals surface area contributed by atoms with Gasteiger partial charge in [0.1, 0.15) is 0 Å². The summed E-state index contributed by atoms with van der Waals surface area (Å²) in [6, 6.07) is 11.4. The van der Waals surface area contributed by atoms with Crippen LogP contribution >= 0.6 is 34.7 Å². The van der Waals surface area contributed by atoms with Gasteiger partial charge in [0.25, 0.3) is 0 Å². The fourth-order valence-corrected chi connectivity index (χ4v) is 3.84. The van der Waals surface area contributed by atoms with Crippen molar-refractivity contribution in [3.63, 3.8) is 0 Å². The predicted octanol–water partition coefficient (Wildman–Crippen LogP) is 3.88. The van der Waals surface area contributed by atoms with Crippen molar-refractivity contribution in [1.29, 1.82) is 0 Å². The second-order valence-corrected chi connectivity index (χ2v) is 7.66. The van der Waals surface area contributed by atoms with Crippen molar-refractivity contribution in [1.82, 2.24) is 4.98 Å². The lowest BCUT2D eigenvalue weighted by atomic mass is 10.1. The Kier molecular flexibility index (Phi) is 5.28. The molecule has 0 aliphatic heterocycles. The van der Waals surface area contributed by atoms with E-state index in [1.54, 1.807) is 23.9 Å². The molecule has 0 saturated carbocycles. The van der Waals surface area contributed by atoms with Crippen molar-refractivity contribution < 1.29 is 14.3 Å². The number of carbonyl (C=O) groups is 1. The average Bonchev–Trinajstić information content (AvgIpc) is 3.14. The molecule has 0 fully saturated rings. The Morgan fingerprint density at radius 1 is 1.29 bits per heavy atom. The van der Waals surface area contributed by atoms with Crippen LogP contribution in [0, 0.1) is 0 Å². The minimum Gasteiger partial charge on any atom is -0.550 e. The highest BCUT2D eigenvalue weighted by molar-refractivity contribution is 7.97. The Morgan fingerprint density at radius 3 is 2.62 bits per heavy atom. The van der Waals surface area contributed by atoms with E-state index in [1.165, 1.54) is 16.9 Å². The van der Waals surface area contributed by atoms with Crippen LogP contribution in [-0.4, -0.2) is 17.2 Å². The van der Waals surface area contributed by atoms with Crippen LogP contribution in [0.1, 0.15) is 11.3 Å². The van der Waals surface area contributed by atoms with E-state index in [2.05, 4.69) is 4.98 Å². The Morgan fingerprint density at radius 2 is 2.04 bits per heavy atom. The molecule has 3 rings (SSSR count). The number of halogens is 1. The minimum absolute atomic E-state index is 0.307. The van der Waals surface area contributed by atoms with E-state index in [0.29, 0.717) is 21.7 Å². The number of oxazole rings is 1. The molecule has 0 aliphatic rings. The van der Waals surface area contributed by atoms with Crippen LogP contribution in [0.5, 0.6) is 0 Å². The quantitative estimate of drug-likeness (QED) is 0.651. The van der Waals surface area contributed by atoms with Gasteiger partial charge in [0.15, 0.2) is 5.76 Å². The molecule has 7 heteroatoms. The second-order valence-electron chi connectivity index (χ2n) is 5.08. The van der Waals surface area contributed by atoms with E-state index in [9.17, 15) is 9.90 Å². The molecule has 0 N–H and O–H groups in total. The van der Waals surface area contributed by atoms with Crippen LogP contribution < -0.4 is 5.11 Å². The molecule has 3 aromatic rings. The zero-order chi connectivity index (χ0) is 17.1. The molecule has 0 unspecified atom stereocenters. The van der Waals surface area contributed by atoms with Crippen molar-refractivity contribution >= 4 is 40.7 Å². The van der Waals surface area contributed by atoms with Gasteiger partial charge in [-0.15, -0.1) is 11.3 Å². The van der Waals surface area contributed by atoms with Crippen LogP contribution in [-0.2, 0) is 17.0 Å². The van der Waals surface area contributed by atoms with E-state index in [4.69, 9.17) is 16.0 Å². The monoisotopic (exact) mass is 378 g/mol. The Balaban J connectivity index is 1.99. The third-order valence-corrected chi connectivity index (χ3v) is 5.17. The molecule has 0 amide bonds. The first-order valence-corrected chi connectivity index (χ1v) is 9.69. The molecular formula is C17H13ClNO3S2-. The summed E-state index contributed by atoms with van der Waals surface area (Å²) in [5.74, 6) is 0.552. The molecular weight excluding hydrogens is 366 g/mol. The molecule has 2 heterocycles. The number of rotatable bonds is 6. The highest BCUT2D eigenvalue weighted by Crippen LogP contribution is 2.36. The van der Waals surface area contributed by atoms with Gasteiger partial charge in [-0.3, -0.25) is 0 Å². The number of carboxylic acid groups (broad SMARTS) is 1. The maximum absolute atomic E-state index is 11.0. The third kappa shape index (κ3) is 3.83. The van der Waals surface area contributed by atoms with Gasteiger partial charge in [0.2, 0.25) is 5.89 Å². The molecule has 24 heavy (non-hydrogen) atoms. The zero-order valence-corrected chi connectivity index (χ0v) is 15.1. The fourth-order valence-electron chi connectivity index (χ4n) is 2.27. The van der Waals surface area contributed by atoms with Crippen LogP contribution in [0.15, 0.2) is 40.8 Å². The van der Waals surface area contributed by atoms with Gasteiger partial charge >= 0.3 is 0 Å². The van der Waals surface area contributed by atoms with Gasteiger partial charge in [-0.05, 0) is 36.1 Å². The number of hydrogen-bond donors (Lipinski definition) is 0. The first-order chi connectivity index (χ1) is 11.6. The van der Waals surface area contributed by atoms with Crippen molar-refractivity contribution in [2.24, 2.45) is 0 Å². The van der Waals surface area contributed by atoms with E-state index >= 15 is 0 Å². The predicted molar refractivity (Wildman–Crippen MR) is 96.2 cm³/mol. The maximum Gasteiger partial charge on any atom is 0.227 e. The van der Waals surface area contributed by atoms with Crippen LogP contribution in [0.4, 0.5) is 0 Å². The third-order valence-electron chi connectivity index (χ3n) is 3.32. The van der Waals surface area contributed by atoms with Gasteiger partial charge in [-0.25, -0.2) is 4.98 Å². The first-order valence-electron chi connectivity index (χ1n) is 7.10. The molecule has 0 aliphatic carbocycles. The molecule has 0 saturated heterocycles. The van der Waals surface area contributed by atoms with Crippen molar-refractivity contribution in [3.8, 4) is 22.1 Å². The Bertz CT molecular complexity index is 855. The molecule has 0 atom stereocenters. The Hall–Kier alpha value is -1.76. The van der Waals surface area contributed by atoms with Gasteiger partial charge in [0.05, 0.1) is 14.9 Å². The number of thioether (sulfide) groups is 1. The van der Waals surface area contributed by atoms with Gasteiger partial charge < -0.3 is 14.3 Å². The summed E-state index contributed by atoms with van der Waals surface area (Å²) in [6.07, 6.45) is 1.74. The van der Waals surface area contributed by atoms with E-state index in [1.807, 2.05) is 30.5 Å². The summed E-state index contributed by atoms with van der Waals surface area (Å²) in [5, 5.41) is 11.0. The topological polar surface area (TPSA) is 66.2 Å². The van der Waals surface area contributed by atoms with Crippen molar-refractivity contribution in [2.75, 3.05) is 6.26 Å². The normalized spacial score (nSPS) is 10.9. The van der Waals surface area contributed by atoms with Crippen molar-refractivity contribution in [2.45, 2.75) is 12.2 Å². The number of nitrogens with zero attached hydrogens (tertiary/aromatic N) is 1. The summed E-state index contributed by atoms with van der Waals surface area (Å²) in [4.78, 5) is 16.1. The lowest BCUT2D eigenvalue weighted by Gasteiger charge is -1.99. The molecule has 4 nitrogen and oxygen atoms in total. The first kappa shape index (κ1) is 17.1. The minimum atomic E-state index is -1.20. The van der Waals surface area contributed by atoms with E-state index in [-0.39, 0.29) is 6.42 Å². The lowest BCUT2D eigenvalue weighted by Crippen LogP contribution is -2.24. The molecule has 1 aromatic carbocycles. The summed E-state index contributed by atoms with van der Waals surface area (Å²) in [5.41, 5.74) is 2.35. The summed E-state index contributed by atoms with van der Waals surface area (Å²) in [6.45, 7) is 0. The van der Waals surface area contributed by atoms with Crippen molar-refractivity contribution in [3.05, 3.63) is 52.0 Å². The number of aromatic nitrogens is 1. The summed E-state index contributed by atoms with van der Waals surface area (Å²) < 4.78 is 6.45. The van der Waals surface area contributed by atoms with Crippen LogP contribution in [0.3, 0.4) is 0 Å². The molecule has 2 aromatic heterocycles. The number of aliphatic carboxylic acids is 1. The lowest BCUT2D eigenvalue weighted by molar-refractivity contribution is -0.304. The largest absolute Gasteiger partial charge is 0.550 e. The molecule has 124 valence electrons. The van der Waals surface area contributed by atoms with E-state index < -0.39 is 5.97 Å². The summed E-state index contributed by atoms with van der Waals surface area (Å²) >= 11 is 9.03. The van der Waals surface area contributed by atoms with Crippen LogP contribution in [0.25, 0.3) is 22.1 Å². The highest BCUT2D eigenvalue weighted by Gasteiger charge is 2.18.